The molecule has 0 spiro atoms. The fourth-order valence-electron chi connectivity index (χ4n) is 3.03. The number of rotatable bonds is 4. The molecule has 2 aliphatic heterocycles. The van der Waals surface area contributed by atoms with Crippen molar-refractivity contribution >= 4 is 22.8 Å². The van der Waals surface area contributed by atoms with Gasteiger partial charge >= 0.3 is 11.9 Å². The Morgan fingerprint density at radius 2 is 2.04 bits per heavy atom. The van der Waals surface area contributed by atoms with Crippen LogP contribution in [0.4, 0.5) is 4.39 Å². The molecule has 4 rings (SSSR count). The van der Waals surface area contributed by atoms with E-state index in [2.05, 4.69) is 10.00 Å². The van der Waals surface area contributed by atoms with Gasteiger partial charge in [-0.05, 0) is 19.5 Å². The second-order valence-corrected chi connectivity index (χ2v) is 6.04. The first-order valence-electron chi connectivity index (χ1n) is 8.19. The molecule has 0 atom stereocenters. The summed E-state index contributed by atoms with van der Waals surface area (Å²) in [6.45, 7) is 2.76. The Morgan fingerprint density at radius 3 is 2.73 bits per heavy atom. The molecule has 9 heteroatoms. The molecule has 8 nitrogen and oxygen atoms in total. The number of benzene rings is 1. The number of nitrogens with zero attached hydrogens (tertiary/aromatic N) is 3. The van der Waals surface area contributed by atoms with Gasteiger partial charge in [-0.25, -0.2) is 14.0 Å². The molecule has 2 aromatic rings. The fourth-order valence-corrected chi connectivity index (χ4v) is 3.03. The number of halogens is 1. The van der Waals surface area contributed by atoms with Crippen molar-refractivity contribution in [2.75, 3.05) is 26.7 Å². The number of methoxy groups -OCH3 is 1. The second kappa shape index (κ2) is 6.41. The van der Waals surface area contributed by atoms with Crippen LogP contribution in [0.15, 0.2) is 18.2 Å². The predicted molar refractivity (Wildman–Crippen MR) is 87.4 cm³/mol. The van der Waals surface area contributed by atoms with Gasteiger partial charge in [-0.1, -0.05) is 4.85 Å². The molecule has 0 unspecified atom stereocenters. The summed E-state index contributed by atoms with van der Waals surface area (Å²) in [5.41, 5.74) is 0.719. The van der Waals surface area contributed by atoms with Gasteiger partial charge in [0.25, 0.3) is 0 Å². The van der Waals surface area contributed by atoms with E-state index in [4.69, 9.17) is 14.3 Å². The monoisotopic (exact) mass is 361 g/mol. The molecule has 1 aromatic heterocycles. The van der Waals surface area contributed by atoms with Crippen LogP contribution >= 0.6 is 0 Å². The van der Waals surface area contributed by atoms with Crippen LogP contribution in [0.2, 0.25) is 0 Å². The standard InChI is InChI=1S/C17H16FN3O5/c1-24-16-10(18)9-12-15-11(5-8-20-6-2-7-20)19-21(12)26-14(23)4-3-13(22)25-17(15)16/h3-4,9H,2,5-8H2,1H3/b4-3+. The van der Waals surface area contributed by atoms with Crippen molar-refractivity contribution in [3.63, 3.8) is 0 Å². The van der Waals surface area contributed by atoms with E-state index in [0.717, 1.165) is 49.1 Å². The molecule has 0 amide bonds. The van der Waals surface area contributed by atoms with E-state index in [9.17, 15) is 14.0 Å². The molecule has 2 aliphatic rings. The van der Waals surface area contributed by atoms with Crippen LogP contribution in [0.5, 0.6) is 11.5 Å². The molecule has 4 bridgehead atoms. The zero-order chi connectivity index (χ0) is 18.3. The van der Waals surface area contributed by atoms with E-state index in [1.54, 1.807) is 0 Å². The fraction of sp³-hybridized carbons (Fsp3) is 0.353. The van der Waals surface area contributed by atoms with Crippen molar-refractivity contribution in [2.45, 2.75) is 12.8 Å². The summed E-state index contributed by atoms with van der Waals surface area (Å²) in [5, 5.41) is 4.67. The van der Waals surface area contributed by atoms with Crippen LogP contribution in [-0.2, 0) is 16.0 Å². The van der Waals surface area contributed by atoms with E-state index in [1.165, 1.54) is 7.11 Å². The number of ether oxygens (including phenoxy) is 2. The summed E-state index contributed by atoms with van der Waals surface area (Å²) in [6, 6.07) is 1.14. The van der Waals surface area contributed by atoms with E-state index in [1.807, 2.05) is 0 Å². The molecule has 26 heavy (non-hydrogen) atoms. The Balaban J connectivity index is 1.90. The number of hydrogen-bond donors (Lipinski definition) is 0. The van der Waals surface area contributed by atoms with Gasteiger partial charge in [0, 0.05) is 31.2 Å². The van der Waals surface area contributed by atoms with Crippen molar-refractivity contribution in [1.82, 2.24) is 14.8 Å². The highest BCUT2D eigenvalue weighted by molar-refractivity contribution is 5.98. The molecule has 0 N–H and O–H groups in total. The summed E-state index contributed by atoms with van der Waals surface area (Å²) in [5.74, 6) is -2.68. The van der Waals surface area contributed by atoms with Gasteiger partial charge in [0.2, 0.25) is 0 Å². The van der Waals surface area contributed by atoms with E-state index >= 15 is 0 Å². The third-order valence-electron chi connectivity index (χ3n) is 4.43. The first kappa shape index (κ1) is 16.5. The highest BCUT2D eigenvalue weighted by Gasteiger charge is 2.27. The lowest BCUT2D eigenvalue weighted by Gasteiger charge is -2.30. The summed E-state index contributed by atoms with van der Waals surface area (Å²) in [6.07, 6.45) is 3.50. The zero-order valence-corrected chi connectivity index (χ0v) is 14.0. The summed E-state index contributed by atoms with van der Waals surface area (Å²) >= 11 is 0. The first-order valence-corrected chi connectivity index (χ1v) is 8.19. The van der Waals surface area contributed by atoms with Gasteiger partial charge < -0.3 is 19.2 Å². The van der Waals surface area contributed by atoms with Gasteiger partial charge in [-0.3, -0.25) is 0 Å². The number of carbonyl (C=O) groups is 2. The lowest BCUT2D eigenvalue weighted by Crippen LogP contribution is -2.38. The van der Waals surface area contributed by atoms with E-state index < -0.39 is 17.8 Å². The van der Waals surface area contributed by atoms with Crippen molar-refractivity contribution < 1.29 is 28.3 Å². The van der Waals surface area contributed by atoms with Crippen LogP contribution in [0.1, 0.15) is 12.1 Å². The Labute approximate surface area is 147 Å². The van der Waals surface area contributed by atoms with Gasteiger partial charge in [-0.2, -0.15) is 0 Å². The molecule has 1 fully saturated rings. The molecule has 1 aromatic carbocycles. The lowest BCUT2D eigenvalue weighted by molar-refractivity contribution is -0.140. The summed E-state index contributed by atoms with van der Waals surface area (Å²) < 4.78 is 24.8. The minimum Gasteiger partial charge on any atom is -0.490 e. The van der Waals surface area contributed by atoms with Crippen molar-refractivity contribution in [1.29, 1.82) is 0 Å². The molecular weight excluding hydrogens is 345 g/mol. The largest absolute Gasteiger partial charge is 0.490 e. The number of hydrogen-bond acceptors (Lipinski definition) is 7. The minimum absolute atomic E-state index is 0.0695. The van der Waals surface area contributed by atoms with Crippen molar-refractivity contribution in [2.24, 2.45) is 0 Å². The maximum Gasteiger partial charge on any atom is 0.358 e. The van der Waals surface area contributed by atoms with Gasteiger partial charge in [0.15, 0.2) is 17.3 Å². The smallest absolute Gasteiger partial charge is 0.358 e. The molecule has 3 heterocycles. The van der Waals surface area contributed by atoms with Crippen LogP contribution in [0.3, 0.4) is 0 Å². The highest BCUT2D eigenvalue weighted by atomic mass is 19.1. The number of aromatic nitrogens is 2. The Morgan fingerprint density at radius 1 is 1.27 bits per heavy atom. The zero-order valence-electron chi connectivity index (χ0n) is 14.0. The Hall–Kier alpha value is -2.94. The molecule has 0 aliphatic carbocycles. The Bertz CT molecular complexity index is 932. The number of likely N-dealkylation sites (tertiary alicyclic amines) is 1. The summed E-state index contributed by atoms with van der Waals surface area (Å²) in [4.78, 5) is 32.1. The quantitative estimate of drug-likeness (QED) is 0.590. The number of carbonyl (C=O) groups excluding carboxylic acids is 2. The number of esters is 1. The molecular formula is C17H16FN3O5. The van der Waals surface area contributed by atoms with Gasteiger partial charge in [0.05, 0.1) is 18.2 Å². The second-order valence-electron chi connectivity index (χ2n) is 6.04. The summed E-state index contributed by atoms with van der Waals surface area (Å²) in [7, 11) is 1.29. The lowest BCUT2D eigenvalue weighted by atomic mass is 10.1. The average molecular weight is 361 g/mol. The van der Waals surface area contributed by atoms with Crippen LogP contribution in [0, 0.1) is 5.82 Å². The highest BCUT2D eigenvalue weighted by Crippen LogP contribution is 2.40. The van der Waals surface area contributed by atoms with Crippen LogP contribution in [0.25, 0.3) is 10.9 Å². The maximum atomic E-state index is 14.4. The van der Waals surface area contributed by atoms with Gasteiger partial charge in [-0.15, -0.1) is 5.10 Å². The molecule has 0 radical (unpaired) electrons. The molecule has 0 saturated carbocycles. The third kappa shape index (κ3) is 2.80. The van der Waals surface area contributed by atoms with Crippen LogP contribution in [-0.4, -0.2) is 53.5 Å². The average Bonchev–Trinajstić information content (AvgIpc) is 2.87. The minimum atomic E-state index is -0.838. The Kier molecular flexibility index (Phi) is 4.08. The SMILES string of the molecule is COc1c(F)cc2c3c(CCN4CCC4)nn2OC(=O)/C=C/C(=O)Oc13. The topological polar surface area (TPSA) is 82.9 Å². The molecule has 136 valence electrons. The van der Waals surface area contributed by atoms with E-state index in [-0.39, 0.29) is 17.0 Å². The molecule has 1 saturated heterocycles. The van der Waals surface area contributed by atoms with Crippen molar-refractivity contribution in [3.05, 3.63) is 29.7 Å². The predicted octanol–water partition coefficient (Wildman–Crippen LogP) is 0.863. The van der Waals surface area contributed by atoms with Crippen molar-refractivity contribution in [3.8, 4) is 11.5 Å². The maximum absolute atomic E-state index is 14.4. The third-order valence-corrected chi connectivity index (χ3v) is 4.43. The normalized spacial score (nSPS) is 18.4. The first-order chi connectivity index (χ1) is 12.6. The van der Waals surface area contributed by atoms with E-state index in [0.29, 0.717) is 17.5 Å². The van der Waals surface area contributed by atoms with Crippen LogP contribution < -0.4 is 14.3 Å². The van der Waals surface area contributed by atoms with Gasteiger partial charge in [0.1, 0.15) is 5.52 Å².